The highest BCUT2D eigenvalue weighted by Gasteiger charge is 2.25. The first kappa shape index (κ1) is 17.3. The molecule has 5 nitrogen and oxygen atoms in total. The minimum Gasteiger partial charge on any atom is -0.311 e. The molecule has 0 aliphatic carbocycles. The van der Waals surface area contributed by atoms with E-state index in [0.29, 0.717) is 21.9 Å². The number of nitrogens with zero attached hydrogens (tertiary/aromatic N) is 3. The SMILES string of the molecule is CC(C)n1c(SCC(=O)N2CCc3ccccc32)nc2ccsc2c1=O. The van der Waals surface area contributed by atoms with Crippen molar-refractivity contribution >= 4 is 44.9 Å². The molecule has 2 aromatic heterocycles. The van der Waals surface area contributed by atoms with Crippen molar-refractivity contribution in [3.63, 3.8) is 0 Å². The summed E-state index contributed by atoms with van der Waals surface area (Å²) in [6.07, 6.45) is 0.891. The average molecular weight is 386 g/mol. The van der Waals surface area contributed by atoms with Crippen molar-refractivity contribution in [2.75, 3.05) is 17.2 Å². The van der Waals surface area contributed by atoms with E-state index in [0.717, 1.165) is 12.1 Å². The molecule has 0 fully saturated rings. The summed E-state index contributed by atoms with van der Waals surface area (Å²) in [6.45, 7) is 4.64. The predicted octanol–water partition coefficient (Wildman–Crippen LogP) is 3.72. The van der Waals surface area contributed by atoms with E-state index in [1.807, 2.05) is 48.4 Å². The second kappa shape index (κ2) is 6.89. The molecule has 4 rings (SSSR count). The average Bonchev–Trinajstić information content (AvgIpc) is 3.26. The number of thioether (sulfide) groups is 1. The summed E-state index contributed by atoms with van der Waals surface area (Å²) in [7, 11) is 0. The molecule has 3 aromatic rings. The van der Waals surface area contributed by atoms with E-state index in [1.54, 1.807) is 4.57 Å². The lowest BCUT2D eigenvalue weighted by Gasteiger charge is -2.18. The Bertz CT molecular complexity index is 1040. The Hall–Kier alpha value is -2.12. The van der Waals surface area contributed by atoms with Crippen LogP contribution in [-0.2, 0) is 11.2 Å². The molecule has 0 saturated carbocycles. The Morgan fingerprint density at radius 2 is 2.12 bits per heavy atom. The maximum atomic E-state index is 12.8. The number of fused-ring (bicyclic) bond motifs is 2. The predicted molar refractivity (Wildman–Crippen MR) is 107 cm³/mol. The van der Waals surface area contributed by atoms with E-state index >= 15 is 0 Å². The van der Waals surface area contributed by atoms with Gasteiger partial charge in [0.2, 0.25) is 5.91 Å². The Morgan fingerprint density at radius 1 is 1.31 bits per heavy atom. The molecule has 1 amide bonds. The number of aromatic nitrogens is 2. The van der Waals surface area contributed by atoms with E-state index in [9.17, 15) is 9.59 Å². The van der Waals surface area contributed by atoms with Gasteiger partial charge in [-0.1, -0.05) is 30.0 Å². The molecular weight excluding hydrogens is 366 g/mol. The van der Waals surface area contributed by atoms with E-state index in [2.05, 4.69) is 11.1 Å². The van der Waals surface area contributed by atoms with Gasteiger partial charge in [0.25, 0.3) is 5.56 Å². The van der Waals surface area contributed by atoms with Crippen molar-refractivity contribution in [3.8, 4) is 0 Å². The maximum absolute atomic E-state index is 12.8. The first-order valence-corrected chi connectivity index (χ1v) is 10.4. The second-order valence-electron chi connectivity index (χ2n) is 6.51. The lowest BCUT2D eigenvalue weighted by atomic mass is 10.2. The highest BCUT2D eigenvalue weighted by molar-refractivity contribution is 7.99. The van der Waals surface area contributed by atoms with Gasteiger partial charge in [0.05, 0.1) is 11.3 Å². The smallest absolute Gasteiger partial charge is 0.272 e. The third-order valence-corrected chi connectivity index (χ3v) is 6.34. The molecule has 3 heterocycles. The van der Waals surface area contributed by atoms with Crippen molar-refractivity contribution in [2.24, 2.45) is 0 Å². The van der Waals surface area contributed by atoms with Gasteiger partial charge in [-0.05, 0) is 43.3 Å². The van der Waals surface area contributed by atoms with Crippen LogP contribution in [0.15, 0.2) is 45.7 Å². The first-order chi connectivity index (χ1) is 12.6. The highest BCUT2D eigenvalue weighted by Crippen LogP contribution is 2.29. The van der Waals surface area contributed by atoms with E-state index in [1.165, 1.54) is 28.7 Å². The van der Waals surface area contributed by atoms with Gasteiger partial charge < -0.3 is 4.90 Å². The number of hydrogen-bond acceptors (Lipinski definition) is 5. The fraction of sp³-hybridized carbons (Fsp3) is 0.316. The largest absolute Gasteiger partial charge is 0.311 e. The lowest BCUT2D eigenvalue weighted by molar-refractivity contribution is -0.116. The molecule has 0 N–H and O–H groups in total. The van der Waals surface area contributed by atoms with Gasteiger partial charge in [-0.15, -0.1) is 11.3 Å². The fourth-order valence-corrected chi connectivity index (χ4v) is 5.03. The number of rotatable bonds is 4. The monoisotopic (exact) mass is 385 g/mol. The number of para-hydroxylation sites is 1. The summed E-state index contributed by atoms with van der Waals surface area (Å²) in [5.74, 6) is 0.318. The topological polar surface area (TPSA) is 55.2 Å². The second-order valence-corrected chi connectivity index (χ2v) is 8.37. The van der Waals surface area contributed by atoms with Crippen LogP contribution in [0.4, 0.5) is 5.69 Å². The van der Waals surface area contributed by atoms with Crippen molar-refractivity contribution in [3.05, 3.63) is 51.6 Å². The summed E-state index contributed by atoms with van der Waals surface area (Å²) in [4.78, 5) is 32.0. The van der Waals surface area contributed by atoms with Gasteiger partial charge in [0.15, 0.2) is 5.16 Å². The highest BCUT2D eigenvalue weighted by atomic mass is 32.2. The Balaban J connectivity index is 1.59. The van der Waals surface area contributed by atoms with Gasteiger partial charge in [-0.2, -0.15) is 0 Å². The summed E-state index contributed by atoms with van der Waals surface area (Å²) in [6, 6.07) is 9.87. The van der Waals surface area contributed by atoms with Gasteiger partial charge in [-0.25, -0.2) is 4.98 Å². The zero-order valence-corrected chi connectivity index (χ0v) is 16.3. The Kier molecular flexibility index (Phi) is 4.58. The number of hydrogen-bond donors (Lipinski definition) is 0. The fourth-order valence-electron chi connectivity index (χ4n) is 3.26. The molecule has 0 spiro atoms. The van der Waals surface area contributed by atoms with Crippen LogP contribution in [0.3, 0.4) is 0 Å². The molecule has 26 heavy (non-hydrogen) atoms. The van der Waals surface area contributed by atoms with Crippen LogP contribution in [0, 0.1) is 0 Å². The van der Waals surface area contributed by atoms with Gasteiger partial charge in [-0.3, -0.25) is 14.2 Å². The molecular formula is C19H19N3O2S2. The maximum Gasteiger partial charge on any atom is 0.272 e. The van der Waals surface area contributed by atoms with Crippen LogP contribution < -0.4 is 10.5 Å². The number of carbonyl (C=O) groups excluding carboxylic acids is 1. The third-order valence-electron chi connectivity index (χ3n) is 4.51. The van der Waals surface area contributed by atoms with Crippen LogP contribution in [0.5, 0.6) is 0 Å². The number of amides is 1. The minimum atomic E-state index is -0.0264. The first-order valence-electron chi connectivity index (χ1n) is 8.57. The molecule has 0 saturated heterocycles. The van der Waals surface area contributed by atoms with Gasteiger partial charge in [0, 0.05) is 18.3 Å². The molecule has 134 valence electrons. The molecule has 0 radical (unpaired) electrons. The summed E-state index contributed by atoms with van der Waals surface area (Å²) in [5, 5.41) is 2.49. The van der Waals surface area contributed by atoms with Crippen LogP contribution >= 0.6 is 23.1 Å². The summed E-state index contributed by atoms with van der Waals surface area (Å²) in [5.41, 5.74) is 2.89. The lowest BCUT2D eigenvalue weighted by Crippen LogP contribution is -2.31. The summed E-state index contributed by atoms with van der Waals surface area (Å²) < 4.78 is 2.36. The number of benzene rings is 1. The van der Waals surface area contributed by atoms with E-state index in [4.69, 9.17) is 0 Å². The standard InChI is InChI=1S/C19H19N3O2S2/c1-12(2)22-18(24)17-14(8-10-25-17)20-19(22)26-11-16(23)21-9-7-13-5-3-4-6-15(13)21/h3-6,8,10,12H,7,9,11H2,1-2H3. The molecule has 0 bridgehead atoms. The number of carbonyl (C=O) groups is 1. The van der Waals surface area contributed by atoms with Crippen LogP contribution in [-0.4, -0.2) is 27.8 Å². The van der Waals surface area contributed by atoms with E-state index < -0.39 is 0 Å². The molecule has 0 unspecified atom stereocenters. The molecule has 7 heteroatoms. The van der Waals surface area contributed by atoms with Crippen molar-refractivity contribution in [1.29, 1.82) is 0 Å². The molecule has 0 atom stereocenters. The number of thiophene rings is 1. The van der Waals surface area contributed by atoms with Gasteiger partial charge >= 0.3 is 0 Å². The summed E-state index contributed by atoms with van der Waals surface area (Å²) >= 11 is 2.75. The zero-order chi connectivity index (χ0) is 18.3. The van der Waals surface area contributed by atoms with Crippen molar-refractivity contribution in [2.45, 2.75) is 31.5 Å². The van der Waals surface area contributed by atoms with E-state index in [-0.39, 0.29) is 23.3 Å². The molecule has 1 aliphatic rings. The normalized spacial score (nSPS) is 13.6. The van der Waals surface area contributed by atoms with Crippen molar-refractivity contribution < 1.29 is 4.79 Å². The number of anilines is 1. The Morgan fingerprint density at radius 3 is 2.92 bits per heavy atom. The minimum absolute atomic E-state index is 0.00776. The molecule has 1 aliphatic heterocycles. The van der Waals surface area contributed by atoms with Crippen LogP contribution in [0.1, 0.15) is 25.5 Å². The van der Waals surface area contributed by atoms with Crippen molar-refractivity contribution in [1.82, 2.24) is 9.55 Å². The van der Waals surface area contributed by atoms with Crippen LogP contribution in [0.2, 0.25) is 0 Å². The Labute approximate surface area is 159 Å². The zero-order valence-electron chi connectivity index (χ0n) is 14.6. The quantitative estimate of drug-likeness (QED) is 0.507. The third kappa shape index (κ3) is 2.95. The molecule has 1 aromatic carbocycles. The van der Waals surface area contributed by atoms with Crippen LogP contribution in [0.25, 0.3) is 10.2 Å². The van der Waals surface area contributed by atoms with Gasteiger partial charge in [0.1, 0.15) is 4.70 Å².